The Hall–Kier alpha value is 0.270. The Balaban J connectivity index is 1.72. The lowest BCUT2D eigenvalue weighted by atomic mass is 9.77. The summed E-state index contributed by atoms with van der Waals surface area (Å²) in [5.41, 5.74) is 0. The van der Waals surface area contributed by atoms with Gasteiger partial charge in [0.1, 0.15) is 0 Å². The quantitative estimate of drug-likeness (QED) is 0.693. The van der Waals surface area contributed by atoms with Crippen LogP contribution in [0.4, 0.5) is 0 Å². The summed E-state index contributed by atoms with van der Waals surface area (Å²) in [5, 5.41) is 0.596. The second kappa shape index (κ2) is 4.42. The highest BCUT2D eigenvalue weighted by atomic mass is 32.1. The Morgan fingerprint density at radius 1 is 1.14 bits per heavy atom. The average molecular weight is 214 g/mol. The monoisotopic (exact) mass is 214 g/mol. The first kappa shape index (κ1) is 10.8. The van der Waals surface area contributed by atoms with Gasteiger partial charge in [-0.05, 0) is 25.8 Å². The number of nitrogens with zero attached hydrogens (tertiary/aromatic N) is 2. The summed E-state index contributed by atoms with van der Waals surface area (Å²) in [6, 6.07) is 0.878. The zero-order chi connectivity index (χ0) is 10.1. The first-order chi connectivity index (χ1) is 6.66. The van der Waals surface area contributed by atoms with Crippen LogP contribution in [0, 0.1) is 5.92 Å². The lowest BCUT2D eigenvalue weighted by molar-refractivity contribution is 0.0409. The maximum atomic E-state index is 4.52. The highest BCUT2D eigenvalue weighted by Crippen LogP contribution is 2.36. The van der Waals surface area contributed by atoms with Gasteiger partial charge in [-0.2, -0.15) is 12.6 Å². The molecule has 0 aromatic carbocycles. The Morgan fingerprint density at radius 2 is 1.71 bits per heavy atom. The topological polar surface area (TPSA) is 6.48 Å². The van der Waals surface area contributed by atoms with Gasteiger partial charge in [-0.1, -0.05) is 6.92 Å². The third-order valence-electron chi connectivity index (χ3n) is 3.89. The molecule has 0 aromatic rings. The summed E-state index contributed by atoms with van der Waals surface area (Å²) >= 11 is 4.52. The van der Waals surface area contributed by atoms with Crippen molar-refractivity contribution in [3.63, 3.8) is 0 Å². The first-order valence-electron chi connectivity index (χ1n) is 5.77. The number of thiol groups is 1. The normalized spacial score (nSPS) is 37.9. The molecule has 0 N–H and O–H groups in total. The maximum absolute atomic E-state index is 4.52. The fourth-order valence-electron chi connectivity index (χ4n) is 2.51. The van der Waals surface area contributed by atoms with E-state index < -0.39 is 0 Å². The van der Waals surface area contributed by atoms with Crippen LogP contribution >= 0.6 is 12.6 Å². The fraction of sp³-hybridized carbons (Fsp3) is 1.00. The highest BCUT2D eigenvalue weighted by Gasteiger charge is 2.36. The van der Waals surface area contributed by atoms with Crippen LogP contribution in [-0.2, 0) is 0 Å². The molecule has 14 heavy (non-hydrogen) atoms. The van der Waals surface area contributed by atoms with E-state index in [2.05, 4.69) is 36.4 Å². The summed E-state index contributed by atoms with van der Waals surface area (Å²) in [5.74, 6) is 0.878. The van der Waals surface area contributed by atoms with Crippen molar-refractivity contribution in [3.8, 4) is 0 Å². The smallest absolute Gasteiger partial charge is 0.0113 e. The third kappa shape index (κ3) is 2.26. The number of hydrogen-bond donors (Lipinski definition) is 1. The van der Waals surface area contributed by atoms with Gasteiger partial charge in [0, 0.05) is 37.5 Å². The van der Waals surface area contributed by atoms with Crippen molar-refractivity contribution in [2.45, 2.75) is 31.1 Å². The summed E-state index contributed by atoms with van der Waals surface area (Å²) < 4.78 is 0. The Morgan fingerprint density at radius 3 is 2.21 bits per heavy atom. The molecule has 0 spiro atoms. The van der Waals surface area contributed by atoms with Crippen molar-refractivity contribution in [2.24, 2.45) is 5.92 Å². The summed E-state index contributed by atoms with van der Waals surface area (Å²) in [4.78, 5) is 5.10. The minimum Gasteiger partial charge on any atom is -0.304 e. The molecule has 3 heteroatoms. The minimum absolute atomic E-state index is 0.596. The molecule has 0 aromatic heterocycles. The maximum Gasteiger partial charge on any atom is 0.0113 e. The molecule has 1 heterocycles. The predicted molar refractivity (Wildman–Crippen MR) is 64.0 cm³/mol. The molecule has 2 nitrogen and oxygen atoms in total. The van der Waals surface area contributed by atoms with Crippen LogP contribution < -0.4 is 0 Å². The average Bonchev–Trinajstić information content (AvgIpc) is 2.05. The van der Waals surface area contributed by atoms with E-state index in [4.69, 9.17) is 0 Å². The van der Waals surface area contributed by atoms with E-state index in [-0.39, 0.29) is 0 Å². The molecule has 0 radical (unpaired) electrons. The van der Waals surface area contributed by atoms with Crippen molar-refractivity contribution < 1.29 is 0 Å². The summed E-state index contributed by atoms with van der Waals surface area (Å²) in [6.07, 6.45) is 2.77. The molecule has 1 unspecified atom stereocenters. The molecule has 1 aliphatic carbocycles. The van der Waals surface area contributed by atoms with Crippen LogP contribution in [0.5, 0.6) is 0 Å². The van der Waals surface area contributed by atoms with E-state index in [0.29, 0.717) is 5.25 Å². The standard InChI is InChI=1S/C11H22N2S/c1-9(14)10-7-11(8-10)13-5-3-12(2)4-6-13/h9-11,14H,3-8H2,1-2H3. The van der Waals surface area contributed by atoms with Gasteiger partial charge in [0.2, 0.25) is 0 Å². The van der Waals surface area contributed by atoms with Crippen LogP contribution in [0.15, 0.2) is 0 Å². The van der Waals surface area contributed by atoms with E-state index in [0.717, 1.165) is 12.0 Å². The van der Waals surface area contributed by atoms with Gasteiger partial charge in [-0.25, -0.2) is 0 Å². The van der Waals surface area contributed by atoms with Crippen molar-refractivity contribution in [1.29, 1.82) is 0 Å². The molecule has 2 aliphatic rings. The number of rotatable bonds is 2. The van der Waals surface area contributed by atoms with Gasteiger partial charge in [0.25, 0.3) is 0 Å². The molecular formula is C11H22N2S. The molecule has 0 amide bonds. The Labute approximate surface area is 93.1 Å². The van der Waals surface area contributed by atoms with Crippen molar-refractivity contribution in [1.82, 2.24) is 9.80 Å². The van der Waals surface area contributed by atoms with Gasteiger partial charge >= 0.3 is 0 Å². The number of hydrogen-bond acceptors (Lipinski definition) is 3. The van der Waals surface area contributed by atoms with Crippen molar-refractivity contribution >= 4 is 12.6 Å². The van der Waals surface area contributed by atoms with Crippen LogP contribution in [0.3, 0.4) is 0 Å². The third-order valence-corrected chi connectivity index (χ3v) is 4.31. The van der Waals surface area contributed by atoms with E-state index in [9.17, 15) is 0 Å². The molecule has 2 rings (SSSR count). The minimum atomic E-state index is 0.596. The van der Waals surface area contributed by atoms with Gasteiger partial charge in [-0.15, -0.1) is 0 Å². The van der Waals surface area contributed by atoms with E-state index in [1.165, 1.54) is 39.0 Å². The van der Waals surface area contributed by atoms with E-state index >= 15 is 0 Å². The van der Waals surface area contributed by atoms with Crippen LogP contribution in [0.25, 0.3) is 0 Å². The molecule has 1 atom stereocenters. The number of piperazine rings is 1. The van der Waals surface area contributed by atoms with Crippen molar-refractivity contribution in [3.05, 3.63) is 0 Å². The molecule has 0 bridgehead atoms. The molecule has 82 valence electrons. The molecule has 1 saturated carbocycles. The second-order valence-corrected chi connectivity index (χ2v) is 5.78. The summed E-state index contributed by atoms with van der Waals surface area (Å²) in [6.45, 7) is 7.27. The van der Waals surface area contributed by atoms with Gasteiger partial charge in [0.05, 0.1) is 0 Å². The fourth-order valence-corrected chi connectivity index (χ4v) is 2.75. The van der Waals surface area contributed by atoms with Gasteiger partial charge in [0.15, 0.2) is 0 Å². The molecule has 1 aliphatic heterocycles. The largest absolute Gasteiger partial charge is 0.304 e. The molecule has 2 fully saturated rings. The van der Waals surface area contributed by atoms with E-state index in [1.54, 1.807) is 0 Å². The lowest BCUT2D eigenvalue weighted by Gasteiger charge is -2.47. The molecule has 1 saturated heterocycles. The Kier molecular flexibility index (Phi) is 3.40. The predicted octanol–water partition coefficient (Wildman–Crippen LogP) is 1.33. The van der Waals surface area contributed by atoms with Crippen LogP contribution in [-0.4, -0.2) is 54.3 Å². The Bertz CT molecular complexity index is 182. The van der Waals surface area contributed by atoms with E-state index in [1.807, 2.05) is 0 Å². The number of likely N-dealkylation sites (N-methyl/N-ethyl adjacent to an activating group) is 1. The van der Waals surface area contributed by atoms with Gasteiger partial charge < -0.3 is 4.90 Å². The zero-order valence-corrected chi connectivity index (χ0v) is 10.2. The zero-order valence-electron chi connectivity index (χ0n) is 9.32. The van der Waals surface area contributed by atoms with Crippen LogP contribution in [0.1, 0.15) is 19.8 Å². The lowest BCUT2D eigenvalue weighted by Crippen LogP contribution is -2.54. The SMILES string of the molecule is CC(S)C1CC(N2CCN(C)CC2)C1. The highest BCUT2D eigenvalue weighted by molar-refractivity contribution is 7.80. The van der Waals surface area contributed by atoms with Crippen LogP contribution in [0.2, 0.25) is 0 Å². The van der Waals surface area contributed by atoms with Gasteiger partial charge in [-0.3, -0.25) is 4.90 Å². The second-order valence-electron chi connectivity index (χ2n) is 4.97. The first-order valence-corrected chi connectivity index (χ1v) is 6.29. The summed E-state index contributed by atoms with van der Waals surface area (Å²) in [7, 11) is 2.22. The molecular weight excluding hydrogens is 192 g/mol. The van der Waals surface area contributed by atoms with Crippen molar-refractivity contribution in [2.75, 3.05) is 33.2 Å².